The predicted octanol–water partition coefficient (Wildman–Crippen LogP) is 2.53. The van der Waals surface area contributed by atoms with Gasteiger partial charge < -0.3 is 20.3 Å². The van der Waals surface area contributed by atoms with Gasteiger partial charge in [0.25, 0.3) is 0 Å². The number of halogens is 1. The first kappa shape index (κ1) is 25.1. The molecule has 0 aromatic heterocycles. The van der Waals surface area contributed by atoms with E-state index in [0.717, 1.165) is 51.9 Å². The standard InChI is InChI=1S/C21H37N5O.HI/c1-6-22-20(24-17-21(2,3)26-10-12-27-13-11-26)23-15-18-8-7-9-19(14-18)16-25(4)5;/h7-9,14H,6,10-13,15-17H2,1-5H3,(H2,22,23,24);1H. The average molecular weight is 503 g/mol. The molecule has 0 amide bonds. The lowest BCUT2D eigenvalue weighted by atomic mass is 10.0. The quantitative estimate of drug-likeness (QED) is 0.325. The second kappa shape index (κ2) is 12.6. The third-order valence-electron chi connectivity index (χ3n) is 4.81. The summed E-state index contributed by atoms with van der Waals surface area (Å²) < 4.78 is 5.48. The molecular formula is C21H38IN5O. The SMILES string of the molecule is CCNC(=NCc1cccc(CN(C)C)c1)NCC(C)(C)N1CCOCC1.I. The van der Waals surface area contributed by atoms with Gasteiger partial charge in [-0.05, 0) is 46.0 Å². The minimum atomic E-state index is 0. The number of nitrogens with one attached hydrogen (secondary N) is 2. The summed E-state index contributed by atoms with van der Waals surface area (Å²) in [6, 6.07) is 8.67. The van der Waals surface area contributed by atoms with Gasteiger partial charge in [0, 0.05) is 38.3 Å². The van der Waals surface area contributed by atoms with Crippen molar-refractivity contribution in [2.75, 3.05) is 53.5 Å². The zero-order chi connectivity index (χ0) is 19.7. The van der Waals surface area contributed by atoms with Crippen LogP contribution in [0.2, 0.25) is 0 Å². The van der Waals surface area contributed by atoms with E-state index in [1.165, 1.54) is 11.1 Å². The Balaban J connectivity index is 0.00000392. The third-order valence-corrected chi connectivity index (χ3v) is 4.81. The van der Waals surface area contributed by atoms with Gasteiger partial charge >= 0.3 is 0 Å². The molecule has 1 heterocycles. The highest BCUT2D eigenvalue weighted by atomic mass is 127. The van der Waals surface area contributed by atoms with Crippen molar-refractivity contribution in [2.24, 2.45) is 4.99 Å². The first-order valence-corrected chi connectivity index (χ1v) is 9.98. The van der Waals surface area contributed by atoms with Crippen molar-refractivity contribution in [3.63, 3.8) is 0 Å². The Hall–Kier alpha value is -0.900. The molecule has 0 aliphatic carbocycles. The van der Waals surface area contributed by atoms with Crippen LogP contribution < -0.4 is 10.6 Å². The highest BCUT2D eigenvalue weighted by Crippen LogP contribution is 2.15. The fourth-order valence-corrected chi connectivity index (χ4v) is 3.28. The molecule has 0 atom stereocenters. The van der Waals surface area contributed by atoms with Gasteiger partial charge in [0.2, 0.25) is 0 Å². The van der Waals surface area contributed by atoms with E-state index in [9.17, 15) is 0 Å². The van der Waals surface area contributed by atoms with Gasteiger partial charge in [-0.15, -0.1) is 24.0 Å². The van der Waals surface area contributed by atoms with Crippen molar-refractivity contribution in [3.8, 4) is 0 Å². The molecule has 1 saturated heterocycles. The predicted molar refractivity (Wildman–Crippen MR) is 129 cm³/mol. The maximum absolute atomic E-state index is 5.48. The minimum absolute atomic E-state index is 0. The molecule has 160 valence electrons. The largest absolute Gasteiger partial charge is 0.379 e. The normalized spacial score (nSPS) is 16.0. The fraction of sp³-hybridized carbons (Fsp3) is 0.667. The zero-order valence-corrected chi connectivity index (χ0v) is 20.5. The van der Waals surface area contributed by atoms with Crippen LogP contribution in [0.5, 0.6) is 0 Å². The van der Waals surface area contributed by atoms with Crippen LogP contribution in [0.4, 0.5) is 0 Å². The summed E-state index contributed by atoms with van der Waals surface area (Å²) in [7, 11) is 4.18. The summed E-state index contributed by atoms with van der Waals surface area (Å²) in [6.07, 6.45) is 0. The van der Waals surface area contributed by atoms with E-state index in [1.807, 2.05) is 0 Å². The molecule has 0 unspecified atom stereocenters. The van der Waals surface area contributed by atoms with Crippen LogP contribution >= 0.6 is 24.0 Å². The van der Waals surface area contributed by atoms with E-state index < -0.39 is 0 Å². The first-order chi connectivity index (χ1) is 12.9. The molecule has 0 saturated carbocycles. The summed E-state index contributed by atoms with van der Waals surface area (Å²) in [6.45, 7) is 13.6. The lowest BCUT2D eigenvalue weighted by molar-refractivity contribution is -0.00834. The molecular weight excluding hydrogens is 465 g/mol. The summed E-state index contributed by atoms with van der Waals surface area (Å²) in [5.41, 5.74) is 2.61. The number of benzene rings is 1. The first-order valence-electron chi connectivity index (χ1n) is 9.98. The maximum Gasteiger partial charge on any atom is 0.191 e. The molecule has 28 heavy (non-hydrogen) atoms. The molecule has 1 aromatic rings. The molecule has 2 N–H and O–H groups in total. The summed E-state index contributed by atoms with van der Waals surface area (Å²) in [5, 5.41) is 6.89. The minimum Gasteiger partial charge on any atom is -0.379 e. The van der Waals surface area contributed by atoms with E-state index in [4.69, 9.17) is 9.73 Å². The van der Waals surface area contributed by atoms with Crippen LogP contribution in [0.1, 0.15) is 31.9 Å². The maximum atomic E-state index is 5.48. The van der Waals surface area contributed by atoms with Crippen LogP contribution in [-0.2, 0) is 17.8 Å². The zero-order valence-electron chi connectivity index (χ0n) is 18.1. The molecule has 1 aliphatic heterocycles. The number of morpholine rings is 1. The van der Waals surface area contributed by atoms with E-state index in [2.05, 4.69) is 79.6 Å². The number of nitrogens with zero attached hydrogens (tertiary/aromatic N) is 3. The van der Waals surface area contributed by atoms with Crippen LogP contribution in [0, 0.1) is 0 Å². The average Bonchev–Trinajstić information content (AvgIpc) is 2.64. The molecule has 6 nitrogen and oxygen atoms in total. The fourth-order valence-electron chi connectivity index (χ4n) is 3.28. The topological polar surface area (TPSA) is 52.1 Å². The van der Waals surface area contributed by atoms with Crippen LogP contribution in [0.3, 0.4) is 0 Å². The van der Waals surface area contributed by atoms with Crippen molar-refractivity contribution < 1.29 is 4.74 Å². The van der Waals surface area contributed by atoms with Crippen molar-refractivity contribution in [3.05, 3.63) is 35.4 Å². The highest BCUT2D eigenvalue weighted by molar-refractivity contribution is 14.0. The Bertz CT molecular complexity index is 600. The van der Waals surface area contributed by atoms with Gasteiger partial charge in [0.15, 0.2) is 5.96 Å². The summed E-state index contributed by atoms with van der Waals surface area (Å²) in [5.74, 6) is 0.872. The van der Waals surface area contributed by atoms with Gasteiger partial charge in [-0.3, -0.25) is 4.90 Å². The van der Waals surface area contributed by atoms with Crippen molar-refractivity contribution in [1.82, 2.24) is 20.4 Å². The van der Waals surface area contributed by atoms with Gasteiger partial charge in [0.1, 0.15) is 0 Å². The molecule has 0 radical (unpaired) electrons. The van der Waals surface area contributed by atoms with Crippen LogP contribution in [-0.4, -0.2) is 74.8 Å². The van der Waals surface area contributed by atoms with Crippen LogP contribution in [0.25, 0.3) is 0 Å². The second-order valence-corrected chi connectivity index (χ2v) is 8.02. The number of aliphatic imine (C=N–C) groups is 1. The van der Waals surface area contributed by atoms with Gasteiger partial charge in [0.05, 0.1) is 19.8 Å². The number of rotatable bonds is 8. The Morgan fingerprint density at radius 3 is 2.50 bits per heavy atom. The van der Waals surface area contributed by atoms with E-state index >= 15 is 0 Å². The van der Waals surface area contributed by atoms with E-state index in [1.54, 1.807) is 0 Å². The molecule has 2 rings (SSSR count). The molecule has 1 aromatic carbocycles. The highest BCUT2D eigenvalue weighted by Gasteiger charge is 2.28. The third kappa shape index (κ3) is 8.63. The smallest absolute Gasteiger partial charge is 0.191 e. The number of hydrogen-bond acceptors (Lipinski definition) is 4. The number of guanidine groups is 1. The molecule has 1 fully saturated rings. The van der Waals surface area contributed by atoms with E-state index in [-0.39, 0.29) is 29.5 Å². The summed E-state index contributed by atoms with van der Waals surface area (Å²) >= 11 is 0. The molecule has 7 heteroatoms. The van der Waals surface area contributed by atoms with E-state index in [0.29, 0.717) is 6.54 Å². The molecule has 0 spiro atoms. The Kier molecular flexibility index (Phi) is 11.3. The molecule has 0 bridgehead atoms. The molecule has 1 aliphatic rings. The lowest BCUT2D eigenvalue weighted by Crippen LogP contribution is -2.56. The Morgan fingerprint density at radius 2 is 1.86 bits per heavy atom. The second-order valence-electron chi connectivity index (χ2n) is 8.02. The van der Waals surface area contributed by atoms with Crippen molar-refractivity contribution >= 4 is 29.9 Å². The lowest BCUT2D eigenvalue weighted by Gasteiger charge is -2.41. The van der Waals surface area contributed by atoms with Gasteiger partial charge in [-0.2, -0.15) is 0 Å². The van der Waals surface area contributed by atoms with Gasteiger partial charge in [-0.25, -0.2) is 4.99 Å². The van der Waals surface area contributed by atoms with Crippen molar-refractivity contribution in [2.45, 2.75) is 39.4 Å². The Morgan fingerprint density at radius 1 is 1.18 bits per heavy atom. The van der Waals surface area contributed by atoms with Crippen LogP contribution in [0.15, 0.2) is 29.3 Å². The summed E-state index contributed by atoms with van der Waals surface area (Å²) in [4.78, 5) is 9.46. The number of ether oxygens (including phenoxy) is 1. The van der Waals surface area contributed by atoms with Crippen molar-refractivity contribution in [1.29, 1.82) is 0 Å². The van der Waals surface area contributed by atoms with Gasteiger partial charge in [-0.1, -0.05) is 24.3 Å². The monoisotopic (exact) mass is 503 g/mol. The Labute approximate surface area is 188 Å². The number of hydrogen-bond donors (Lipinski definition) is 2.